The van der Waals surface area contributed by atoms with Crippen LogP contribution < -0.4 is 10.6 Å². The number of hydrogen-bond donors (Lipinski definition) is 2. The summed E-state index contributed by atoms with van der Waals surface area (Å²) in [4.78, 5) is 11.8. The number of amides is 2. The highest BCUT2D eigenvalue weighted by Crippen LogP contribution is 2.12. The van der Waals surface area contributed by atoms with Crippen molar-refractivity contribution < 1.29 is 9.18 Å². The Hall–Kier alpha value is -2.36. The van der Waals surface area contributed by atoms with E-state index in [2.05, 4.69) is 10.6 Å². The third-order valence-corrected chi connectivity index (χ3v) is 2.73. The van der Waals surface area contributed by atoms with E-state index >= 15 is 0 Å². The van der Waals surface area contributed by atoms with Gasteiger partial charge in [-0.25, -0.2) is 9.18 Å². The standard InChI is InChI=1S/C15H15FN2O/c1-11(12-6-3-2-4-7-12)17-15(19)18-14-9-5-8-13(16)10-14/h2-11H,1H3,(H2,17,18,19)/t11-/m0/s1. The number of carbonyl (C=O) groups excluding carboxylic acids is 1. The van der Waals surface area contributed by atoms with E-state index in [4.69, 9.17) is 0 Å². The van der Waals surface area contributed by atoms with Gasteiger partial charge in [0, 0.05) is 5.69 Å². The number of rotatable bonds is 3. The number of carbonyl (C=O) groups is 1. The zero-order valence-electron chi connectivity index (χ0n) is 10.6. The smallest absolute Gasteiger partial charge is 0.319 e. The minimum Gasteiger partial charge on any atom is -0.331 e. The molecule has 0 spiro atoms. The van der Waals surface area contributed by atoms with E-state index in [9.17, 15) is 9.18 Å². The van der Waals surface area contributed by atoms with Crippen LogP contribution >= 0.6 is 0 Å². The molecule has 2 amide bonds. The fourth-order valence-corrected chi connectivity index (χ4v) is 1.76. The summed E-state index contributed by atoms with van der Waals surface area (Å²) >= 11 is 0. The van der Waals surface area contributed by atoms with E-state index in [1.54, 1.807) is 12.1 Å². The lowest BCUT2D eigenvalue weighted by Gasteiger charge is -2.15. The molecule has 0 aromatic heterocycles. The summed E-state index contributed by atoms with van der Waals surface area (Å²) < 4.78 is 13.0. The van der Waals surface area contributed by atoms with Crippen LogP contribution in [-0.2, 0) is 0 Å². The van der Waals surface area contributed by atoms with Gasteiger partial charge in [-0.2, -0.15) is 0 Å². The first kappa shape index (κ1) is 13.1. The van der Waals surface area contributed by atoms with Crippen molar-refractivity contribution >= 4 is 11.7 Å². The normalized spacial score (nSPS) is 11.7. The van der Waals surface area contributed by atoms with Gasteiger partial charge in [0.05, 0.1) is 6.04 Å². The average molecular weight is 258 g/mol. The first-order chi connectivity index (χ1) is 9.15. The van der Waals surface area contributed by atoms with Crippen LogP contribution in [0.1, 0.15) is 18.5 Å². The number of hydrogen-bond acceptors (Lipinski definition) is 1. The van der Waals surface area contributed by atoms with E-state index in [1.807, 2.05) is 37.3 Å². The van der Waals surface area contributed by atoms with Crippen LogP contribution in [-0.4, -0.2) is 6.03 Å². The van der Waals surface area contributed by atoms with Crippen LogP contribution in [0.4, 0.5) is 14.9 Å². The van der Waals surface area contributed by atoms with Gasteiger partial charge in [0.2, 0.25) is 0 Å². The van der Waals surface area contributed by atoms with Crippen molar-refractivity contribution in [3.8, 4) is 0 Å². The summed E-state index contributed by atoms with van der Waals surface area (Å²) in [7, 11) is 0. The lowest BCUT2D eigenvalue weighted by molar-refractivity contribution is 0.249. The SMILES string of the molecule is C[C@H](NC(=O)Nc1cccc(F)c1)c1ccccc1. The molecule has 2 rings (SSSR count). The molecule has 0 heterocycles. The van der Waals surface area contributed by atoms with Crippen LogP contribution in [0.2, 0.25) is 0 Å². The van der Waals surface area contributed by atoms with Crippen molar-refractivity contribution in [2.75, 3.05) is 5.32 Å². The third-order valence-electron chi connectivity index (χ3n) is 2.73. The molecule has 0 radical (unpaired) electrons. The molecule has 0 fully saturated rings. The van der Waals surface area contributed by atoms with Gasteiger partial charge in [0.25, 0.3) is 0 Å². The Balaban J connectivity index is 1.95. The lowest BCUT2D eigenvalue weighted by Crippen LogP contribution is -2.31. The molecule has 0 aliphatic rings. The van der Waals surface area contributed by atoms with Crippen LogP contribution in [0.15, 0.2) is 54.6 Å². The Kier molecular flexibility index (Phi) is 4.13. The van der Waals surface area contributed by atoms with Crippen LogP contribution in [0, 0.1) is 5.82 Å². The molecular formula is C15H15FN2O. The highest BCUT2D eigenvalue weighted by Gasteiger charge is 2.09. The van der Waals surface area contributed by atoms with E-state index < -0.39 is 0 Å². The molecular weight excluding hydrogens is 243 g/mol. The van der Waals surface area contributed by atoms with Crippen LogP contribution in [0.25, 0.3) is 0 Å². The Morgan fingerprint density at radius 3 is 2.53 bits per heavy atom. The van der Waals surface area contributed by atoms with Crippen molar-refractivity contribution in [3.05, 3.63) is 66.0 Å². The topological polar surface area (TPSA) is 41.1 Å². The molecule has 98 valence electrons. The molecule has 0 saturated carbocycles. The molecule has 19 heavy (non-hydrogen) atoms. The highest BCUT2D eigenvalue weighted by molar-refractivity contribution is 5.89. The van der Waals surface area contributed by atoms with Gasteiger partial charge in [-0.05, 0) is 30.7 Å². The Labute approximate surface area is 111 Å². The maximum Gasteiger partial charge on any atom is 0.319 e. The van der Waals surface area contributed by atoms with E-state index in [0.717, 1.165) is 5.56 Å². The van der Waals surface area contributed by atoms with E-state index in [-0.39, 0.29) is 17.9 Å². The van der Waals surface area contributed by atoms with Gasteiger partial charge >= 0.3 is 6.03 Å². The van der Waals surface area contributed by atoms with Crippen LogP contribution in [0.5, 0.6) is 0 Å². The van der Waals surface area contributed by atoms with Crippen molar-refractivity contribution in [1.29, 1.82) is 0 Å². The van der Waals surface area contributed by atoms with Gasteiger partial charge in [-0.1, -0.05) is 36.4 Å². The largest absolute Gasteiger partial charge is 0.331 e. The summed E-state index contributed by atoms with van der Waals surface area (Å²) in [5.41, 5.74) is 1.44. The quantitative estimate of drug-likeness (QED) is 0.865. The number of urea groups is 1. The minimum atomic E-state index is -0.381. The summed E-state index contributed by atoms with van der Waals surface area (Å²) in [6.45, 7) is 1.89. The Morgan fingerprint density at radius 1 is 1.11 bits per heavy atom. The zero-order chi connectivity index (χ0) is 13.7. The van der Waals surface area contributed by atoms with Gasteiger partial charge < -0.3 is 10.6 Å². The maximum atomic E-state index is 13.0. The van der Waals surface area contributed by atoms with Gasteiger partial charge in [0.15, 0.2) is 0 Å². The summed E-state index contributed by atoms with van der Waals surface area (Å²) in [5.74, 6) is -0.381. The van der Waals surface area contributed by atoms with E-state index in [0.29, 0.717) is 5.69 Å². The third kappa shape index (κ3) is 3.81. The number of nitrogens with one attached hydrogen (secondary N) is 2. The van der Waals surface area contributed by atoms with Gasteiger partial charge in [-0.3, -0.25) is 0 Å². The molecule has 2 N–H and O–H groups in total. The average Bonchev–Trinajstić information content (AvgIpc) is 2.39. The molecule has 0 unspecified atom stereocenters. The first-order valence-electron chi connectivity index (χ1n) is 6.03. The number of halogens is 1. The Bertz CT molecular complexity index is 557. The predicted octanol–water partition coefficient (Wildman–Crippen LogP) is 3.71. The molecule has 2 aromatic carbocycles. The summed E-state index contributed by atoms with van der Waals surface area (Å²) in [5, 5.41) is 5.38. The molecule has 1 atom stereocenters. The second kappa shape index (κ2) is 6.00. The van der Waals surface area contributed by atoms with Gasteiger partial charge in [-0.15, -0.1) is 0 Å². The molecule has 2 aromatic rings. The fraction of sp³-hybridized carbons (Fsp3) is 0.133. The first-order valence-corrected chi connectivity index (χ1v) is 6.03. The maximum absolute atomic E-state index is 13.0. The van der Waals surface area contributed by atoms with Crippen molar-refractivity contribution in [3.63, 3.8) is 0 Å². The second-order valence-electron chi connectivity index (χ2n) is 4.24. The number of benzene rings is 2. The zero-order valence-corrected chi connectivity index (χ0v) is 10.6. The van der Waals surface area contributed by atoms with Crippen molar-refractivity contribution in [1.82, 2.24) is 5.32 Å². The fourth-order valence-electron chi connectivity index (χ4n) is 1.76. The minimum absolute atomic E-state index is 0.116. The Morgan fingerprint density at radius 2 is 1.84 bits per heavy atom. The molecule has 3 nitrogen and oxygen atoms in total. The summed E-state index contributed by atoms with van der Waals surface area (Å²) in [6, 6.07) is 14.9. The molecule has 0 aliphatic carbocycles. The van der Waals surface area contributed by atoms with Crippen molar-refractivity contribution in [2.24, 2.45) is 0 Å². The summed E-state index contributed by atoms with van der Waals surface area (Å²) in [6.07, 6.45) is 0. The predicted molar refractivity (Wildman–Crippen MR) is 73.4 cm³/mol. The lowest BCUT2D eigenvalue weighted by atomic mass is 10.1. The molecule has 0 aliphatic heterocycles. The van der Waals surface area contributed by atoms with Crippen LogP contribution in [0.3, 0.4) is 0 Å². The monoisotopic (exact) mass is 258 g/mol. The molecule has 0 saturated heterocycles. The molecule has 0 bridgehead atoms. The van der Waals surface area contributed by atoms with Crippen molar-refractivity contribution in [2.45, 2.75) is 13.0 Å². The molecule has 4 heteroatoms. The van der Waals surface area contributed by atoms with E-state index in [1.165, 1.54) is 12.1 Å². The van der Waals surface area contributed by atoms with Gasteiger partial charge in [0.1, 0.15) is 5.82 Å². The second-order valence-corrected chi connectivity index (χ2v) is 4.24. The highest BCUT2D eigenvalue weighted by atomic mass is 19.1. The number of anilines is 1.